The lowest BCUT2D eigenvalue weighted by atomic mass is 9.82. The molecule has 1 aliphatic carbocycles. The molecule has 0 fully saturated rings. The quantitative estimate of drug-likeness (QED) is 0.312. The van der Waals surface area contributed by atoms with Crippen LogP contribution in [0.1, 0.15) is 49.9 Å². The van der Waals surface area contributed by atoms with E-state index in [0.29, 0.717) is 6.04 Å². The predicted octanol–water partition coefficient (Wildman–Crippen LogP) is 8.82. The number of hydrogen-bond donors (Lipinski definition) is 0. The Balaban J connectivity index is 1.68. The van der Waals surface area contributed by atoms with Crippen LogP contribution < -0.4 is 4.90 Å². The van der Waals surface area contributed by atoms with Gasteiger partial charge in [0.05, 0.1) is 0 Å². The second-order valence-corrected chi connectivity index (χ2v) is 10.2. The van der Waals surface area contributed by atoms with E-state index < -0.39 is 0 Å². The molecule has 33 heavy (non-hydrogen) atoms. The first-order chi connectivity index (χ1) is 15.8. The lowest BCUT2D eigenvalue weighted by Crippen LogP contribution is -2.27. The number of anilines is 2. The van der Waals surface area contributed by atoms with Gasteiger partial charge < -0.3 is 4.90 Å². The molecule has 4 aromatic carbocycles. The molecule has 1 nitrogen and oxygen atoms in total. The van der Waals surface area contributed by atoms with Gasteiger partial charge >= 0.3 is 0 Å². The van der Waals surface area contributed by atoms with Gasteiger partial charge in [0, 0.05) is 22.8 Å². The molecule has 0 atom stereocenters. The lowest BCUT2D eigenvalue weighted by Gasteiger charge is -2.34. The van der Waals surface area contributed by atoms with Crippen molar-refractivity contribution in [1.82, 2.24) is 0 Å². The molecule has 1 heteroatoms. The second-order valence-electron chi connectivity index (χ2n) is 10.2. The summed E-state index contributed by atoms with van der Waals surface area (Å²) in [5.41, 5.74) is 13.3. The molecule has 0 amide bonds. The molecule has 0 saturated heterocycles. The Morgan fingerprint density at radius 3 is 2.00 bits per heavy atom. The maximum absolute atomic E-state index is 2.52. The Bertz CT molecular complexity index is 1330. The molecule has 0 heterocycles. The van der Waals surface area contributed by atoms with Crippen molar-refractivity contribution in [3.05, 3.63) is 107 Å². The molecule has 0 aliphatic heterocycles. The number of nitrogens with zero attached hydrogens (tertiary/aromatic N) is 1. The van der Waals surface area contributed by atoms with E-state index in [1.807, 2.05) is 0 Å². The first-order valence-electron chi connectivity index (χ1n) is 12.0. The highest BCUT2D eigenvalue weighted by atomic mass is 15.2. The van der Waals surface area contributed by atoms with Gasteiger partial charge in [-0.05, 0) is 90.4 Å². The Hall–Kier alpha value is -3.32. The summed E-state index contributed by atoms with van der Waals surface area (Å²) in [7, 11) is 0. The highest BCUT2D eigenvalue weighted by Gasteiger charge is 2.36. The molecule has 166 valence electrons. The van der Waals surface area contributed by atoms with E-state index in [1.54, 1.807) is 0 Å². The summed E-state index contributed by atoms with van der Waals surface area (Å²) < 4.78 is 0. The van der Waals surface area contributed by atoms with Crippen molar-refractivity contribution >= 4 is 11.4 Å². The summed E-state index contributed by atoms with van der Waals surface area (Å²) in [6, 6.07) is 31.6. The van der Waals surface area contributed by atoms with Gasteiger partial charge in [-0.2, -0.15) is 0 Å². The summed E-state index contributed by atoms with van der Waals surface area (Å²) in [5.74, 6) is 0. The van der Waals surface area contributed by atoms with Crippen LogP contribution in [0.3, 0.4) is 0 Å². The zero-order valence-corrected chi connectivity index (χ0v) is 20.6. The Kier molecular flexibility index (Phi) is 5.16. The monoisotopic (exact) mass is 431 g/mol. The van der Waals surface area contributed by atoms with E-state index in [4.69, 9.17) is 0 Å². The van der Waals surface area contributed by atoms with Gasteiger partial charge in [-0.15, -0.1) is 0 Å². The van der Waals surface area contributed by atoms with E-state index >= 15 is 0 Å². The zero-order chi connectivity index (χ0) is 23.3. The Labute approximate surface area is 198 Å². The van der Waals surface area contributed by atoms with E-state index in [-0.39, 0.29) is 5.41 Å². The topological polar surface area (TPSA) is 3.24 Å². The van der Waals surface area contributed by atoms with Crippen LogP contribution in [0.2, 0.25) is 0 Å². The van der Waals surface area contributed by atoms with Crippen LogP contribution in [0.4, 0.5) is 11.4 Å². The summed E-state index contributed by atoms with van der Waals surface area (Å²) in [5, 5.41) is 0. The van der Waals surface area contributed by atoms with Crippen LogP contribution in [-0.4, -0.2) is 6.04 Å². The first kappa shape index (κ1) is 21.5. The van der Waals surface area contributed by atoms with Crippen molar-refractivity contribution in [2.75, 3.05) is 4.90 Å². The molecule has 4 aromatic rings. The normalized spacial score (nSPS) is 13.7. The predicted molar refractivity (Wildman–Crippen MR) is 143 cm³/mol. The molecule has 0 saturated carbocycles. The highest BCUT2D eigenvalue weighted by molar-refractivity contribution is 5.85. The van der Waals surface area contributed by atoms with Crippen LogP contribution in [0.25, 0.3) is 22.3 Å². The Morgan fingerprint density at radius 1 is 0.606 bits per heavy atom. The summed E-state index contributed by atoms with van der Waals surface area (Å²) in [6.45, 7) is 13.8. The molecule has 0 spiro atoms. The standard InChI is InChI=1S/C32H33N/c1-21(2)33(30-19-25(17-16-22(30)3)24-12-8-7-9-13-24)31-20-29-27(18-23(31)4)26-14-10-11-15-28(26)32(29,5)6/h7-21H,1-6H3. The zero-order valence-electron chi connectivity index (χ0n) is 20.6. The van der Waals surface area contributed by atoms with Crippen LogP contribution in [-0.2, 0) is 5.41 Å². The fraction of sp³-hybridized carbons (Fsp3) is 0.250. The number of rotatable bonds is 4. The van der Waals surface area contributed by atoms with Crippen molar-refractivity contribution in [3.63, 3.8) is 0 Å². The van der Waals surface area contributed by atoms with Crippen molar-refractivity contribution in [3.8, 4) is 22.3 Å². The number of hydrogen-bond acceptors (Lipinski definition) is 1. The third-order valence-electron chi connectivity index (χ3n) is 7.25. The minimum atomic E-state index is -0.00203. The van der Waals surface area contributed by atoms with E-state index in [1.165, 1.54) is 55.9 Å². The maximum atomic E-state index is 2.52. The van der Waals surface area contributed by atoms with Crippen molar-refractivity contribution < 1.29 is 0 Å². The Morgan fingerprint density at radius 2 is 1.27 bits per heavy atom. The van der Waals surface area contributed by atoms with Gasteiger partial charge in [0.15, 0.2) is 0 Å². The molecule has 0 aromatic heterocycles. The molecular weight excluding hydrogens is 398 g/mol. The largest absolute Gasteiger partial charge is 0.338 e. The average molecular weight is 432 g/mol. The van der Waals surface area contributed by atoms with Gasteiger partial charge in [0.2, 0.25) is 0 Å². The van der Waals surface area contributed by atoms with Gasteiger partial charge in [0.25, 0.3) is 0 Å². The second kappa shape index (κ2) is 7.92. The SMILES string of the molecule is Cc1ccc(-c2ccccc2)cc1N(c1cc2c(cc1C)-c1ccccc1C2(C)C)C(C)C. The van der Waals surface area contributed by atoms with Crippen molar-refractivity contribution in [1.29, 1.82) is 0 Å². The van der Waals surface area contributed by atoms with Crippen molar-refractivity contribution in [2.45, 2.75) is 53.0 Å². The van der Waals surface area contributed by atoms with Crippen LogP contribution in [0, 0.1) is 13.8 Å². The summed E-state index contributed by atoms with van der Waals surface area (Å²) in [6.07, 6.45) is 0. The fourth-order valence-corrected chi connectivity index (χ4v) is 5.47. The molecule has 1 aliphatic rings. The average Bonchev–Trinajstić information content (AvgIpc) is 3.02. The van der Waals surface area contributed by atoms with Crippen molar-refractivity contribution in [2.24, 2.45) is 0 Å². The minimum Gasteiger partial charge on any atom is -0.338 e. The maximum Gasteiger partial charge on any atom is 0.0449 e. The van der Waals surface area contributed by atoms with Gasteiger partial charge in [0.1, 0.15) is 0 Å². The van der Waals surface area contributed by atoms with E-state index in [0.717, 1.165) is 0 Å². The van der Waals surface area contributed by atoms with Gasteiger partial charge in [-0.1, -0.05) is 80.6 Å². The lowest BCUT2D eigenvalue weighted by molar-refractivity contribution is 0.659. The summed E-state index contributed by atoms with van der Waals surface area (Å²) >= 11 is 0. The van der Waals surface area contributed by atoms with Gasteiger partial charge in [-0.25, -0.2) is 0 Å². The number of aryl methyl sites for hydroxylation is 2. The highest BCUT2D eigenvalue weighted by Crippen LogP contribution is 2.51. The van der Waals surface area contributed by atoms with Crippen LogP contribution in [0.15, 0.2) is 84.9 Å². The van der Waals surface area contributed by atoms with E-state index in [2.05, 4.69) is 131 Å². The molecule has 0 N–H and O–H groups in total. The third kappa shape index (κ3) is 3.47. The fourth-order valence-electron chi connectivity index (χ4n) is 5.47. The molecule has 0 radical (unpaired) electrons. The number of fused-ring (bicyclic) bond motifs is 3. The van der Waals surface area contributed by atoms with E-state index in [9.17, 15) is 0 Å². The smallest absolute Gasteiger partial charge is 0.0449 e. The minimum absolute atomic E-state index is 0.00203. The number of benzene rings is 4. The first-order valence-corrected chi connectivity index (χ1v) is 12.0. The molecule has 0 unspecified atom stereocenters. The van der Waals surface area contributed by atoms with Gasteiger partial charge in [-0.3, -0.25) is 0 Å². The molecule has 5 rings (SSSR count). The summed E-state index contributed by atoms with van der Waals surface area (Å²) in [4.78, 5) is 2.52. The third-order valence-corrected chi connectivity index (χ3v) is 7.25. The molecular formula is C32H33N. The molecule has 0 bridgehead atoms. The van der Waals surface area contributed by atoms with Crippen LogP contribution in [0.5, 0.6) is 0 Å². The van der Waals surface area contributed by atoms with Crippen LogP contribution >= 0.6 is 0 Å².